The van der Waals surface area contributed by atoms with Crippen molar-refractivity contribution in [1.82, 2.24) is 0 Å². The number of amides is 1. The smallest absolute Gasteiger partial charge is 0.303 e. The number of ether oxygens (including phenoxy) is 3. The van der Waals surface area contributed by atoms with Crippen molar-refractivity contribution in [2.45, 2.75) is 44.8 Å². The fourth-order valence-corrected chi connectivity index (χ4v) is 2.83. The molecule has 118 valence electrons. The molecule has 1 amide bonds. The molecule has 1 fully saturated rings. The number of anilines is 1. The van der Waals surface area contributed by atoms with Gasteiger partial charge in [-0.25, -0.2) is 0 Å². The molecule has 0 saturated heterocycles. The second kappa shape index (κ2) is 5.87. The van der Waals surface area contributed by atoms with Crippen LogP contribution < -0.4 is 14.8 Å². The van der Waals surface area contributed by atoms with Gasteiger partial charge in [-0.2, -0.15) is 0 Å². The SMILES string of the molecule is CC(=O)OCC(=O)Nc1ccc2c(c1)OC1(CCCCC1)O2. The van der Waals surface area contributed by atoms with Gasteiger partial charge in [0.2, 0.25) is 0 Å². The van der Waals surface area contributed by atoms with E-state index >= 15 is 0 Å². The third kappa shape index (κ3) is 3.16. The average molecular weight is 305 g/mol. The maximum Gasteiger partial charge on any atom is 0.303 e. The summed E-state index contributed by atoms with van der Waals surface area (Å²) in [5, 5.41) is 2.67. The summed E-state index contributed by atoms with van der Waals surface area (Å²) in [4.78, 5) is 22.3. The number of rotatable bonds is 3. The van der Waals surface area contributed by atoms with E-state index in [1.165, 1.54) is 13.3 Å². The molecule has 0 bridgehead atoms. The second-order valence-electron chi connectivity index (χ2n) is 5.67. The molecule has 1 aromatic carbocycles. The first-order chi connectivity index (χ1) is 10.6. The summed E-state index contributed by atoms with van der Waals surface area (Å²) >= 11 is 0. The molecule has 0 unspecified atom stereocenters. The van der Waals surface area contributed by atoms with Gasteiger partial charge in [0, 0.05) is 31.5 Å². The van der Waals surface area contributed by atoms with Crippen molar-refractivity contribution in [2.75, 3.05) is 11.9 Å². The van der Waals surface area contributed by atoms with Crippen LogP contribution in [0.2, 0.25) is 0 Å². The molecule has 6 heteroatoms. The molecule has 0 aromatic heterocycles. The normalized spacial score (nSPS) is 18.0. The van der Waals surface area contributed by atoms with Crippen molar-refractivity contribution in [2.24, 2.45) is 0 Å². The number of nitrogens with one attached hydrogen (secondary N) is 1. The predicted molar refractivity (Wildman–Crippen MR) is 78.8 cm³/mol. The molecule has 1 spiro atoms. The van der Waals surface area contributed by atoms with E-state index in [2.05, 4.69) is 10.1 Å². The lowest BCUT2D eigenvalue weighted by molar-refractivity contribution is -0.144. The molecular weight excluding hydrogens is 286 g/mol. The highest BCUT2D eigenvalue weighted by molar-refractivity contribution is 5.93. The Morgan fingerprint density at radius 3 is 2.64 bits per heavy atom. The zero-order valence-corrected chi connectivity index (χ0v) is 12.5. The molecule has 1 aliphatic carbocycles. The number of esters is 1. The van der Waals surface area contributed by atoms with Crippen LogP contribution in [0, 0.1) is 0 Å². The molecule has 1 saturated carbocycles. The first-order valence-electron chi connectivity index (χ1n) is 7.52. The number of benzene rings is 1. The van der Waals surface area contributed by atoms with Gasteiger partial charge < -0.3 is 19.5 Å². The summed E-state index contributed by atoms with van der Waals surface area (Å²) in [6.45, 7) is 0.963. The molecular formula is C16H19NO5. The molecule has 22 heavy (non-hydrogen) atoms. The maximum atomic E-state index is 11.7. The lowest BCUT2D eigenvalue weighted by Gasteiger charge is -2.31. The van der Waals surface area contributed by atoms with Gasteiger partial charge in [-0.15, -0.1) is 0 Å². The minimum absolute atomic E-state index is 0.298. The zero-order valence-electron chi connectivity index (χ0n) is 12.5. The molecule has 0 atom stereocenters. The monoisotopic (exact) mass is 305 g/mol. The summed E-state index contributed by atoms with van der Waals surface area (Å²) in [6.07, 6.45) is 5.17. The Balaban J connectivity index is 1.65. The topological polar surface area (TPSA) is 73.9 Å². The number of carbonyl (C=O) groups is 2. The van der Waals surface area contributed by atoms with Gasteiger partial charge in [0.25, 0.3) is 11.7 Å². The third-order valence-electron chi connectivity index (χ3n) is 3.84. The Kier molecular flexibility index (Phi) is 3.92. The van der Waals surface area contributed by atoms with Crippen molar-refractivity contribution in [3.05, 3.63) is 18.2 Å². The summed E-state index contributed by atoms with van der Waals surface area (Å²) in [7, 11) is 0. The molecule has 1 heterocycles. The first-order valence-corrected chi connectivity index (χ1v) is 7.52. The fourth-order valence-electron chi connectivity index (χ4n) is 2.83. The summed E-state index contributed by atoms with van der Waals surface area (Å²) in [5.41, 5.74) is 0.590. The molecule has 1 N–H and O–H groups in total. The van der Waals surface area contributed by atoms with Crippen LogP contribution in [-0.4, -0.2) is 24.3 Å². The van der Waals surface area contributed by atoms with Gasteiger partial charge in [-0.05, 0) is 25.0 Å². The van der Waals surface area contributed by atoms with E-state index in [0.717, 1.165) is 25.7 Å². The fraction of sp³-hybridized carbons (Fsp3) is 0.500. The van der Waals surface area contributed by atoms with Gasteiger partial charge in [0.05, 0.1) is 0 Å². The van der Waals surface area contributed by atoms with Crippen LogP contribution in [0.1, 0.15) is 39.0 Å². The van der Waals surface area contributed by atoms with Crippen LogP contribution >= 0.6 is 0 Å². The molecule has 1 aliphatic heterocycles. The highest BCUT2D eigenvalue weighted by Gasteiger charge is 2.42. The van der Waals surface area contributed by atoms with Gasteiger partial charge in [0.1, 0.15) is 0 Å². The highest BCUT2D eigenvalue weighted by atomic mass is 16.7. The van der Waals surface area contributed by atoms with Crippen LogP contribution in [0.4, 0.5) is 5.69 Å². The number of hydrogen-bond acceptors (Lipinski definition) is 5. The quantitative estimate of drug-likeness (QED) is 0.869. The standard InChI is InChI=1S/C16H19NO5/c1-11(18)20-10-15(19)17-12-5-6-13-14(9-12)22-16(21-13)7-3-2-4-8-16/h5-6,9H,2-4,7-8,10H2,1H3,(H,17,19). The highest BCUT2D eigenvalue weighted by Crippen LogP contribution is 2.46. The van der Waals surface area contributed by atoms with E-state index in [0.29, 0.717) is 17.2 Å². The van der Waals surface area contributed by atoms with Gasteiger partial charge >= 0.3 is 5.97 Å². The largest absolute Gasteiger partial charge is 0.456 e. The lowest BCUT2D eigenvalue weighted by atomic mass is 9.94. The minimum atomic E-state index is -0.527. The third-order valence-corrected chi connectivity index (χ3v) is 3.84. The Morgan fingerprint density at radius 2 is 1.91 bits per heavy atom. The van der Waals surface area contributed by atoms with E-state index in [9.17, 15) is 9.59 Å². The van der Waals surface area contributed by atoms with Crippen LogP contribution in [0.5, 0.6) is 11.5 Å². The van der Waals surface area contributed by atoms with Crippen molar-refractivity contribution in [3.63, 3.8) is 0 Å². The minimum Gasteiger partial charge on any atom is -0.456 e. The molecule has 0 radical (unpaired) electrons. The van der Waals surface area contributed by atoms with E-state index in [4.69, 9.17) is 9.47 Å². The summed E-state index contributed by atoms with van der Waals surface area (Å²) in [5.74, 6) is -0.0467. The molecule has 2 aliphatic rings. The van der Waals surface area contributed by atoms with E-state index in [1.807, 2.05) is 0 Å². The van der Waals surface area contributed by atoms with Crippen molar-refractivity contribution in [1.29, 1.82) is 0 Å². The number of carbonyl (C=O) groups excluding carboxylic acids is 2. The average Bonchev–Trinajstić information content (AvgIpc) is 2.82. The van der Waals surface area contributed by atoms with Crippen LogP contribution in [0.15, 0.2) is 18.2 Å². The number of fused-ring (bicyclic) bond motifs is 1. The molecule has 1 aromatic rings. The number of hydrogen-bond donors (Lipinski definition) is 1. The van der Waals surface area contributed by atoms with Crippen molar-refractivity contribution in [3.8, 4) is 11.5 Å². The van der Waals surface area contributed by atoms with Crippen LogP contribution in [-0.2, 0) is 14.3 Å². The Bertz CT molecular complexity index is 592. The lowest BCUT2D eigenvalue weighted by Crippen LogP contribution is -2.40. The Morgan fingerprint density at radius 1 is 1.18 bits per heavy atom. The van der Waals surface area contributed by atoms with E-state index in [-0.39, 0.29) is 12.5 Å². The van der Waals surface area contributed by atoms with Crippen LogP contribution in [0.25, 0.3) is 0 Å². The molecule has 3 rings (SSSR count). The van der Waals surface area contributed by atoms with Crippen molar-refractivity contribution >= 4 is 17.6 Å². The first kappa shape index (κ1) is 14.7. The van der Waals surface area contributed by atoms with Gasteiger partial charge in [0.15, 0.2) is 18.1 Å². The van der Waals surface area contributed by atoms with E-state index < -0.39 is 11.8 Å². The summed E-state index contributed by atoms with van der Waals surface area (Å²) < 4.78 is 16.6. The predicted octanol–water partition coefficient (Wildman–Crippen LogP) is 2.62. The summed E-state index contributed by atoms with van der Waals surface area (Å²) in [6, 6.07) is 5.28. The Hall–Kier alpha value is -2.24. The van der Waals surface area contributed by atoms with Gasteiger partial charge in [-0.1, -0.05) is 6.42 Å². The second-order valence-corrected chi connectivity index (χ2v) is 5.67. The van der Waals surface area contributed by atoms with Crippen LogP contribution in [0.3, 0.4) is 0 Å². The van der Waals surface area contributed by atoms with Crippen molar-refractivity contribution < 1.29 is 23.8 Å². The van der Waals surface area contributed by atoms with Gasteiger partial charge in [-0.3, -0.25) is 9.59 Å². The maximum absolute atomic E-state index is 11.7. The Labute approximate surface area is 128 Å². The molecule has 6 nitrogen and oxygen atoms in total. The zero-order chi connectivity index (χ0) is 15.6. The van der Waals surface area contributed by atoms with E-state index in [1.54, 1.807) is 18.2 Å².